The maximum absolute atomic E-state index is 14.5. The highest BCUT2D eigenvalue weighted by Gasteiger charge is 2.53. The van der Waals surface area contributed by atoms with Gasteiger partial charge in [-0.25, -0.2) is 8.78 Å². The van der Waals surface area contributed by atoms with Gasteiger partial charge in [0.2, 0.25) is 5.54 Å². The van der Waals surface area contributed by atoms with Crippen LogP contribution in [0.4, 0.5) is 8.78 Å². The molecule has 2 rings (SSSR count). The van der Waals surface area contributed by atoms with Crippen LogP contribution in [0.15, 0.2) is 16.6 Å². The Balaban J connectivity index is 2.57. The molecule has 1 N–H and O–H groups in total. The average Bonchev–Trinajstić information content (AvgIpc) is 2.44. The number of ether oxygens (including phenoxy) is 1. The zero-order valence-electron chi connectivity index (χ0n) is 12.2. The van der Waals surface area contributed by atoms with Crippen LogP contribution in [0.1, 0.15) is 26.3 Å². The molecule has 0 saturated heterocycles. The molecule has 0 unspecified atom stereocenters. The molecular formula is C14H15BrF2N2O2S. The smallest absolute Gasteiger partial charge is 0.212 e. The highest BCUT2D eigenvalue weighted by atomic mass is 79.9. The SMILES string of the molecule is CC(C)(C)[S@+]([O-])N[C@@]1(C#N)c2ccc(Br)c(F)c2OC[C@H]1F. The second-order valence-corrected chi connectivity index (χ2v) is 8.74. The summed E-state index contributed by atoms with van der Waals surface area (Å²) >= 11 is 1.30. The Morgan fingerprint density at radius 2 is 2.18 bits per heavy atom. The lowest BCUT2D eigenvalue weighted by Gasteiger charge is -2.38. The first-order chi connectivity index (χ1) is 10.1. The van der Waals surface area contributed by atoms with E-state index in [2.05, 4.69) is 20.7 Å². The number of nitrogens with one attached hydrogen (secondary N) is 1. The summed E-state index contributed by atoms with van der Waals surface area (Å²) in [7, 11) is 0. The number of halogens is 3. The maximum Gasteiger partial charge on any atom is 0.212 e. The Morgan fingerprint density at radius 3 is 2.73 bits per heavy atom. The Bertz CT molecular complexity index is 632. The Labute approximate surface area is 139 Å². The second-order valence-electron chi connectivity index (χ2n) is 5.92. The normalized spacial score (nSPS) is 25.8. The Morgan fingerprint density at radius 1 is 1.55 bits per heavy atom. The van der Waals surface area contributed by atoms with E-state index < -0.39 is 40.2 Å². The van der Waals surface area contributed by atoms with E-state index in [0.29, 0.717) is 0 Å². The maximum atomic E-state index is 14.5. The van der Waals surface area contributed by atoms with Crippen LogP contribution < -0.4 is 9.46 Å². The fourth-order valence-corrected chi connectivity index (χ4v) is 3.20. The van der Waals surface area contributed by atoms with Gasteiger partial charge in [0, 0.05) is 16.9 Å². The summed E-state index contributed by atoms with van der Waals surface area (Å²) in [5.41, 5.74) is -1.92. The van der Waals surface area contributed by atoms with Crippen molar-refractivity contribution in [2.24, 2.45) is 0 Å². The van der Waals surface area contributed by atoms with E-state index in [1.54, 1.807) is 20.8 Å². The van der Waals surface area contributed by atoms with Crippen molar-refractivity contribution >= 4 is 27.3 Å². The van der Waals surface area contributed by atoms with Gasteiger partial charge >= 0.3 is 0 Å². The molecule has 0 saturated carbocycles. The molecule has 1 aromatic rings. The first-order valence-electron chi connectivity index (χ1n) is 6.50. The van der Waals surface area contributed by atoms with Gasteiger partial charge in [0.1, 0.15) is 11.4 Å². The van der Waals surface area contributed by atoms with E-state index in [-0.39, 0.29) is 15.8 Å². The largest absolute Gasteiger partial charge is 0.598 e. The predicted molar refractivity (Wildman–Crippen MR) is 82.8 cm³/mol. The van der Waals surface area contributed by atoms with Crippen LogP contribution in [0.3, 0.4) is 0 Å². The third kappa shape index (κ3) is 2.83. The third-order valence-electron chi connectivity index (χ3n) is 3.30. The van der Waals surface area contributed by atoms with Crippen molar-refractivity contribution in [1.82, 2.24) is 4.72 Å². The van der Waals surface area contributed by atoms with Crippen molar-refractivity contribution in [2.75, 3.05) is 6.61 Å². The number of benzene rings is 1. The topological polar surface area (TPSA) is 68.1 Å². The number of nitriles is 1. The van der Waals surface area contributed by atoms with Gasteiger partial charge in [0.05, 0.1) is 10.5 Å². The average molecular weight is 393 g/mol. The van der Waals surface area contributed by atoms with Gasteiger partial charge in [-0.2, -0.15) is 5.26 Å². The van der Waals surface area contributed by atoms with E-state index in [1.165, 1.54) is 12.1 Å². The van der Waals surface area contributed by atoms with Crippen molar-refractivity contribution in [3.05, 3.63) is 28.0 Å². The summed E-state index contributed by atoms with van der Waals surface area (Å²) < 4.78 is 48.1. The van der Waals surface area contributed by atoms with Crippen LogP contribution in [0.2, 0.25) is 0 Å². The first-order valence-corrected chi connectivity index (χ1v) is 8.44. The van der Waals surface area contributed by atoms with E-state index in [4.69, 9.17) is 4.74 Å². The van der Waals surface area contributed by atoms with Gasteiger partial charge in [0.15, 0.2) is 17.7 Å². The fourth-order valence-electron chi connectivity index (χ4n) is 2.01. The van der Waals surface area contributed by atoms with Crippen LogP contribution in [-0.4, -0.2) is 22.1 Å². The molecule has 1 aromatic carbocycles. The Hall–Kier alpha value is -0.880. The summed E-state index contributed by atoms with van der Waals surface area (Å²) in [4.78, 5) is 0. The van der Waals surface area contributed by atoms with Gasteiger partial charge < -0.3 is 9.29 Å². The summed E-state index contributed by atoms with van der Waals surface area (Å²) in [6.07, 6.45) is -1.78. The van der Waals surface area contributed by atoms with E-state index >= 15 is 0 Å². The van der Waals surface area contributed by atoms with Gasteiger partial charge in [-0.15, -0.1) is 4.72 Å². The first kappa shape index (κ1) is 17.5. The number of alkyl halides is 1. The van der Waals surface area contributed by atoms with Gasteiger partial charge in [-0.05, 0) is 42.8 Å². The highest BCUT2D eigenvalue weighted by Crippen LogP contribution is 2.42. The minimum atomic E-state index is -1.92. The van der Waals surface area contributed by atoms with E-state index in [9.17, 15) is 18.6 Å². The molecular weight excluding hydrogens is 378 g/mol. The van der Waals surface area contributed by atoms with Crippen molar-refractivity contribution < 1.29 is 18.1 Å². The molecule has 1 aliphatic rings. The van der Waals surface area contributed by atoms with E-state index in [1.807, 2.05) is 6.07 Å². The quantitative estimate of drug-likeness (QED) is 0.785. The third-order valence-corrected chi connectivity index (χ3v) is 5.54. The van der Waals surface area contributed by atoms with Crippen LogP contribution in [0, 0.1) is 17.1 Å². The fraction of sp³-hybridized carbons (Fsp3) is 0.500. The summed E-state index contributed by atoms with van der Waals surface area (Å²) in [6.45, 7) is 4.58. The molecule has 3 atom stereocenters. The molecule has 4 nitrogen and oxygen atoms in total. The lowest BCUT2D eigenvalue weighted by Crippen LogP contribution is -2.58. The Kier molecular flexibility index (Phi) is 4.74. The minimum Gasteiger partial charge on any atom is -0.598 e. The molecule has 0 amide bonds. The summed E-state index contributed by atoms with van der Waals surface area (Å²) in [5, 5.41) is 9.56. The predicted octanol–water partition coefficient (Wildman–Crippen LogP) is 3.09. The molecule has 0 aliphatic carbocycles. The monoisotopic (exact) mass is 392 g/mol. The molecule has 0 radical (unpaired) electrons. The zero-order chi connectivity index (χ0) is 16.7. The van der Waals surface area contributed by atoms with Gasteiger partial charge in [-0.3, -0.25) is 0 Å². The number of hydrogen-bond acceptors (Lipinski definition) is 4. The van der Waals surface area contributed by atoms with Crippen molar-refractivity contribution in [2.45, 2.75) is 37.2 Å². The standard InChI is InChI=1S/C14H15BrF2N2O2S/c1-13(2,3)22(20)19-14(7-18)8-4-5-9(15)11(17)12(8)21-6-10(14)16/h4-5,10,19H,6H2,1-3H3/t10-,14+,22+/m1/s1. The number of fused-ring (bicyclic) bond motifs is 1. The van der Waals surface area contributed by atoms with Crippen LogP contribution in [0.25, 0.3) is 0 Å². The highest BCUT2D eigenvalue weighted by molar-refractivity contribution is 9.10. The molecule has 0 spiro atoms. The van der Waals surface area contributed by atoms with Crippen LogP contribution in [-0.2, 0) is 16.9 Å². The number of hydrogen-bond donors (Lipinski definition) is 1. The molecule has 0 aromatic heterocycles. The van der Waals surface area contributed by atoms with Crippen molar-refractivity contribution in [1.29, 1.82) is 5.26 Å². The zero-order valence-corrected chi connectivity index (χ0v) is 14.6. The number of nitrogens with zero attached hydrogens (tertiary/aromatic N) is 1. The second kappa shape index (κ2) is 5.96. The van der Waals surface area contributed by atoms with Crippen LogP contribution in [0.5, 0.6) is 5.75 Å². The molecule has 1 heterocycles. The molecule has 1 aliphatic heterocycles. The lowest BCUT2D eigenvalue weighted by molar-refractivity contribution is 0.104. The molecule has 22 heavy (non-hydrogen) atoms. The number of rotatable bonds is 2. The molecule has 120 valence electrons. The summed E-state index contributed by atoms with van der Waals surface area (Å²) in [5.74, 6) is -0.921. The minimum absolute atomic E-state index is 0.00653. The van der Waals surface area contributed by atoms with Gasteiger partial charge in [-0.1, -0.05) is 6.07 Å². The molecule has 0 bridgehead atoms. The van der Waals surface area contributed by atoms with Crippen molar-refractivity contribution in [3.63, 3.8) is 0 Å². The van der Waals surface area contributed by atoms with E-state index in [0.717, 1.165) is 0 Å². The molecule has 8 heteroatoms. The summed E-state index contributed by atoms with van der Waals surface area (Å²) in [6, 6.07) is 4.59. The van der Waals surface area contributed by atoms with Gasteiger partial charge in [0.25, 0.3) is 0 Å². The lowest BCUT2D eigenvalue weighted by atomic mass is 9.85. The van der Waals surface area contributed by atoms with Crippen LogP contribution >= 0.6 is 15.9 Å². The molecule has 0 fully saturated rings. The van der Waals surface area contributed by atoms with Crippen molar-refractivity contribution in [3.8, 4) is 11.8 Å².